The third kappa shape index (κ3) is 4.74. The first-order valence-electron chi connectivity index (χ1n) is 7.26. The monoisotopic (exact) mass is 397 g/mol. The van der Waals surface area contributed by atoms with E-state index >= 15 is 0 Å². The van der Waals surface area contributed by atoms with E-state index in [1.807, 2.05) is 62.4 Å². The van der Waals surface area contributed by atoms with Crippen LogP contribution in [0.15, 0.2) is 48.5 Å². The molecule has 0 unspecified atom stereocenters. The zero-order valence-electron chi connectivity index (χ0n) is 14.8. The maximum atomic E-state index is 4.56. The number of fused-ring (bicyclic) bond motifs is 2. The summed E-state index contributed by atoms with van der Waals surface area (Å²) in [5, 5.41) is 0. The van der Waals surface area contributed by atoms with E-state index in [1.165, 1.54) is 0 Å². The summed E-state index contributed by atoms with van der Waals surface area (Å²) >= 11 is 0. The van der Waals surface area contributed by atoms with Crippen molar-refractivity contribution in [3.63, 3.8) is 0 Å². The minimum atomic E-state index is 0. The van der Waals surface area contributed by atoms with Crippen LogP contribution in [0.2, 0.25) is 0 Å². The average molecular weight is 397 g/mol. The summed E-state index contributed by atoms with van der Waals surface area (Å²) in [6.45, 7) is 4.00. The van der Waals surface area contributed by atoms with Gasteiger partial charge in [0.1, 0.15) is 11.6 Å². The number of aromatic nitrogens is 4. The number of rotatable bonds is 2. The Morgan fingerprint density at radius 3 is 1.46 bits per heavy atom. The van der Waals surface area contributed by atoms with Crippen LogP contribution in [0.25, 0.3) is 22.1 Å². The maximum Gasteiger partial charge on any atom is 0.114 e. The van der Waals surface area contributed by atoms with Crippen LogP contribution in [0.4, 0.5) is 0 Å². The molecule has 2 heterocycles. The minimum Gasteiger partial charge on any atom is -0.358 e. The van der Waals surface area contributed by atoms with Gasteiger partial charge in [-0.25, -0.2) is 9.97 Å². The summed E-state index contributed by atoms with van der Waals surface area (Å²) in [5.74, 6) is 1.86. The molecule has 0 fully saturated rings. The van der Waals surface area contributed by atoms with Crippen molar-refractivity contribution in [2.45, 2.75) is 20.3 Å². The van der Waals surface area contributed by atoms with E-state index in [2.05, 4.69) is 19.9 Å². The van der Waals surface area contributed by atoms with E-state index in [1.54, 1.807) is 0 Å². The van der Waals surface area contributed by atoms with Crippen molar-refractivity contribution in [1.29, 1.82) is 0 Å². The number of benzene rings is 2. The van der Waals surface area contributed by atoms with E-state index in [0.29, 0.717) is 6.42 Å². The normalized spacial score (nSPS) is 9.25. The molecule has 0 spiro atoms. The molecule has 5 heteroatoms. The first-order valence-corrected chi connectivity index (χ1v) is 7.26. The van der Waals surface area contributed by atoms with Crippen molar-refractivity contribution < 1.29 is 32.7 Å². The number of H-pyrrole nitrogens is 2. The summed E-state index contributed by atoms with van der Waals surface area (Å²) in [7, 11) is 0. The van der Waals surface area contributed by atoms with E-state index in [0.717, 1.165) is 33.7 Å². The Bertz CT molecular complexity index is 726. The van der Waals surface area contributed by atoms with E-state index < -0.39 is 0 Å². The van der Waals surface area contributed by atoms with Crippen LogP contribution < -0.4 is 0 Å². The van der Waals surface area contributed by atoms with Crippen LogP contribution in [0.3, 0.4) is 0 Å². The van der Waals surface area contributed by atoms with Crippen LogP contribution in [0.1, 0.15) is 25.5 Å². The van der Waals surface area contributed by atoms with Gasteiger partial charge in [-0.15, -0.1) is 0 Å². The van der Waals surface area contributed by atoms with Crippen molar-refractivity contribution in [2.24, 2.45) is 0 Å². The van der Waals surface area contributed by atoms with Crippen LogP contribution in [-0.2, 0) is 39.1 Å². The second kappa shape index (κ2) is 10.4. The van der Waals surface area contributed by atoms with Gasteiger partial charge in [0.2, 0.25) is 0 Å². The first-order chi connectivity index (χ1) is 10.4. The number of nitrogens with zero attached hydrogens (tertiary/aromatic N) is 2. The summed E-state index contributed by atoms with van der Waals surface area (Å²) < 4.78 is 0. The zero-order chi connectivity index (χ0) is 14.7. The van der Waals surface area contributed by atoms with Gasteiger partial charge in [-0.2, -0.15) is 0 Å². The summed E-state index contributed by atoms with van der Waals surface area (Å²) in [6.07, 6.45) is 0.684. The molecule has 24 heavy (non-hydrogen) atoms. The quantitative estimate of drug-likeness (QED) is 0.470. The van der Waals surface area contributed by atoms with Crippen molar-refractivity contribution in [3.8, 4) is 0 Å². The standard InChI is InChI=1S/C15H12N4.C2H6.2CH3.Y/c1-2-6-11-10(5-1)16-14(17-11)9-15-18-12-7-3-4-8-13(12)19-15;1-2;;;/h1-8H,9H2,(H,16,17)(H,18,19);1-2H3;2*1H3;/q;;2*-1;. The van der Waals surface area contributed by atoms with Gasteiger partial charge in [-0.3, -0.25) is 0 Å². The molecule has 0 aliphatic heterocycles. The Balaban J connectivity index is 0.00000102. The predicted octanol–water partition coefficient (Wildman–Crippen LogP) is 4.95. The molecule has 0 aliphatic carbocycles. The van der Waals surface area contributed by atoms with Gasteiger partial charge in [0.25, 0.3) is 0 Å². The average Bonchev–Trinajstić information content (AvgIpc) is 3.11. The molecule has 4 rings (SSSR count). The largest absolute Gasteiger partial charge is 0.358 e. The molecule has 0 atom stereocenters. The van der Waals surface area contributed by atoms with Crippen LogP contribution in [0, 0.1) is 14.9 Å². The smallest absolute Gasteiger partial charge is 0.114 e. The van der Waals surface area contributed by atoms with Gasteiger partial charge >= 0.3 is 0 Å². The summed E-state index contributed by atoms with van der Waals surface area (Å²) in [4.78, 5) is 15.8. The SMILES string of the molecule is CC.[CH3-].[CH3-].[Y].c1ccc2[nH]c(Cc3nc4ccccc4[nH]3)nc2c1. The van der Waals surface area contributed by atoms with Gasteiger partial charge in [0.05, 0.1) is 28.5 Å². The molecular weight excluding hydrogens is 373 g/mol. The number of aromatic amines is 2. The molecule has 4 aromatic rings. The number of hydrogen-bond donors (Lipinski definition) is 2. The topological polar surface area (TPSA) is 57.4 Å². The second-order valence-corrected chi connectivity index (χ2v) is 4.58. The fraction of sp³-hybridized carbons (Fsp3) is 0.158. The number of nitrogens with one attached hydrogen (secondary N) is 2. The Hall–Kier alpha value is -1.52. The van der Waals surface area contributed by atoms with Crippen molar-refractivity contribution in [3.05, 3.63) is 75.0 Å². The first kappa shape index (κ1) is 22.5. The molecule has 4 nitrogen and oxygen atoms in total. The van der Waals surface area contributed by atoms with Gasteiger partial charge in [-0.1, -0.05) is 38.1 Å². The summed E-state index contributed by atoms with van der Waals surface area (Å²) in [6, 6.07) is 16.1. The van der Waals surface area contributed by atoms with E-state index in [4.69, 9.17) is 0 Å². The molecule has 2 aromatic heterocycles. The molecule has 125 valence electrons. The Labute approximate surface area is 169 Å². The number of para-hydroxylation sites is 4. The molecule has 0 amide bonds. The van der Waals surface area contributed by atoms with Crippen LogP contribution >= 0.6 is 0 Å². The molecule has 0 aliphatic rings. The second-order valence-electron chi connectivity index (χ2n) is 4.58. The maximum absolute atomic E-state index is 4.56. The van der Waals surface area contributed by atoms with Crippen molar-refractivity contribution in [2.75, 3.05) is 0 Å². The third-order valence-electron chi connectivity index (χ3n) is 3.21. The van der Waals surface area contributed by atoms with Gasteiger partial charge in [0.15, 0.2) is 0 Å². The van der Waals surface area contributed by atoms with Gasteiger partial charge in [-0.05, 0) is 24.3 Å². The van der Waals surface area contributed by atoms with Crippen LogP contribution in [0.5, 0.6) is 0 Å². The zero-order valence-corrected chi connectivity index (χ0v) is 17.6. The Morgan fingerprint density at radius 1 is 0.708 bits per heavy atom. The Kier molecular flexibility index (Phi) is 9.71. The minimum absolute atomic E-state index is 0. The number of imidazole rings is 2. The molecule has 1 radical (unpaired) electrons. The summed E-state index contributed by atoms with van der Waals surface area (Å²) in [5.41, 5.74) is 4.12. The molecular formula is C19H24N4Y-2. The molecule has 2 aromatic carbocycles. The third-order valence-corrected chi connectivity index (χ3v) is 3.21. The number of hydrogen-bond acceptors (Lipinski definition) is 2. The van der Waals surface area contributed by atoms with Crippen molar-refractivity contribution in [1.82, 2.24) is 19.9 Å². The fourth-order valence-electron chi connectivity index (χ4n) is 2.34. The van der Waals surface area contributed by atoms with Gasteiger partial charge < -0.3 is 24.8 Å². The molecule has 2 N–H and O–H groups in total. The molecule has 0 saturated heterocycles. The van der Waals surface area contributed by atoms with E-state index in [-0.39, 0.29) is 47.6 Å². The Morgan fingerprint density at radius 2 is 1.08 bits per heavy atom. The van der Waals surface area contributed by atoms with Crippen LogP contribution in [-0.4, -0.2) is 19.9 Å². The van der Waals surface area contributed by atoms with E-state index in [9.17, 15) is 0 Å². The van der Waals surface area contributed by atoms with Crippen molar-refractivity contribution >= 4 is 22.1 Å². The molecule has 0 saturated carbocycles. The molecule has 0 bridgehead atoms. The fourth-order valence-corrected chi connectivity index (χ4v) is 2.34. The van der Waals surface area contributed by atoms with Gasteiger partial charge in [0, 0.05) is 32.7 Å². The predicted molar refractivity (Wildman–Crippen MR) is 99.2 cm³/mol.